The minimum absolute atomic E-state index is 0.123. The van der Waals surface area contributed by atoms with Crippen molar-refractivity contribution in [1.29, 1.82) is 0 Å². The van der Waals surface area contributed by atoms with Crippen molar-refractivity contribution >= 4 is 28.9 Å². The van der Waals surface area contributed by atoms with Crippen molar-refractivity contribution in [1.82, 2.24) is 0 Å². The maximum atomic E-state index is 12.2. The average molecular weight is 332 g/mol. The Labute approximate surface area is 131 Å². The van der Waals surface area contributed by atoms with Crippen molar-refractivity contribution in [2.45, 2.75) is 19.6 Å². The fraction of sp³-hybridized carbons (Fsp3) is 0.200. The summed E-state index contributed by atoms with van der Waals surface area (Å²) in [6.45, 7) is -0.943. The molecule has 2 aromatic carbocycles. The number of rotatable bonds is 5. The molecular formula is C15H13Cl2F2NO. The third kappa shape index (κ3) is 4.48. The van der Waals surface area contributed by atoms with E-state index >= 15 is 0 Å². The van der Waals surface area contributed by atoms with E-state index in [1.807, 2.05) is 13.0 Å². The molecule has 0 radical (unpaired) electrons. The molecule has 1 atom stereocenters. The summed E-state index contributed by atoms with van der Waals surface area (Å²) >= 11 is 11.9. The Morgan fingerprint density at radius 3 is 2.52 bits per heavy atom. The Morgan fingerprint density at radius 1 is 1.10 bits per heavy atom. The van der Waals surface area contributed by atoms with Gasteiger partial charge in [-0.25, -0.2) is 0 Å². The van der Waals surface area contributed by atoms with Gasteiger partial charge in [0.05, 0.1) is 10.7 Å². The van der Waals surface area contributed by atoms with Crippen molar-refractivity contribution < 1.29 is 13.5 Å². The van der Waals surface area contributed by atoms with E-state index in [-0.39, 0.29) is 11.8 Å². The number of nitrogens with one attached hydrogen (secondary N) is 1. The largest absolute Gasteiger partial charge is 0.435 e. The maximum Gasteiger partial charge on any atom is 0.387 e. The molecule has 0 saturated carbocycles. The van der Waals surface area contributed by atoms with Crippen molar-refractivity contribution in [3.8, 4) is 5.75 Å². The molecule has 0 amide bonds. The van der Waals surface area contributed by atoms with Gasteiger partial charge >= 0.3 is 6.61 Å². The first-order valence-corrected chi connectivity index (χ1v) is 6.97. The van der Waals surface area contributed by atoms with E-state index in [9.17, 15) is 8.78 Å². The monoisotopic (exact) mass is 331 g/mol. The number of anilines is 1. The lowest BCUT2D eigenvalue weighted by Crippen LogP contribution is -2.08. The Kier molecular flexibility index (Phi) is 5.26. The van der Waals surface area contributed by atoms with Crippen molar-refractivity contribution in [2.75, 3.05) is 5.32 Å². The standard InChI is InChI=1S/C15H13Cl2F2NO/c1-9(20-14-6-5-11(16)8-13(14)17)10-3-2-4-12(7-10)21-15(18)19/h2-9,15,20H,1H3. The van der Waals surface area contributed by atoms with Crippen LogP contribution in [0.3, 0.4) is 0 Å². The van der Waals surface area contributed by atoms with Crippen LogP contribution in [0.25, 0.3) is 0 Å². The molecule has 2 nitrogen and oxygen atoms in total. The van der Waals surface area contributed by atoms with Crippen LogP contribution in [0.2, 0.25) is 10.0 Å². The SMILES string of the molecule is CC(Nc1ccc(Cl)cc1Cl)c1cccc(OC(F)F)c1. The minimum atomic E-state index is -2.84. The minimum Gasteiger partial charge on any atom is -0.435 e. The highest BCUT2D eigenvalue weighted by Crippen LogP contribution is 2.29. The molecule has 0 fully saturated rings. The van der Waals surface area contributed by atoms with Gasteiger partial charge in [0.1, 0.15) is 5.75 Å². The summed E-state index contributed by atoms with van der Waals surface area (Å²) in [4.78, 5) is 0. The molecule has 0 bridgehead atoms. The van der Waals surface area contributed by atoms with Crippen LogP contribution in [-0.2, 0) is 0 Å². The lowest BCUT2D eigenvalue weighted by Gasteiger charge is -2.17. The molecule has 2 rings (SSSR count). The van der Waals surface area contributed by atoms with Gasteiger partial charge < -0.3 is 10.1 Å². The third-order valence-corrected chi connectivity index (χ3v) is 3.43. The maximum absolute atomic E-state index is 12.2. The van der Waals surface area contributed by atoms with Crippen LogP contribution in [-0.4, -0.2) is 6.61 Å². The fourth-order valence-corrected chi connectivity index (χ4v) is 2.35. The summed E-state index contributed by atoms with van der Waals surface area (Å²) in [7, 11) is 0. The molecule has 21 heavy (non-hydrogen) atoms. The van der Waals surface area contributed by atoms with Gasteiger partial charge in [-0.3, -0.25) is 0 Å². The summed E-state index contributed by atoms with van der Waals surface area (Å²) in [6.07, 6.45) is 0. The molecule has 0 aliphatic heterocycles. The predicted octanol–water partition coefficient (Wildman–Crippen LogP) is 5.77. The van der Waals surface area contributed by atoms with E-state index in [0.717, 1.165) is 5.56 Å². The molecule has 0 aliphatic rings. The molecule has 2 aromatic rings. The van der Waals surface area contributed by atoms with Gasteiger partial charge in [0, 0.05) is 11.1 Å². The zero-order chi connectivity index (χ0) is 15.4. The summed E-state index contributed by atoms with van der Waals surface area (Å²) in [5.74, 6) is 0.123. The topological polar surface area (TPSA) is 21.3 Å². The summed E-state index contributed by atoms with van der Waals surface area (Å²) in [6, 6.07) is 11.5. The Hall–Kier alpha value is -1.52. The van der Waals surface area contributed by atoms with Gasteiger partial charge in [-0.1, -0.05) is 35.3 Å². The van der Waals surface area contributed by atoms with Gasteiger partial charge in [0.25, 0.3) is 0 Å². The van der Waals surface area contributed by atoms with E-state index < -0.39 is 6.61 Å². The van der Waals surface area contributed by atoms with E-state index in [1.165, 1.54) is 6.07 Å². The van der Waals surface area contributed by atoms with Gasteiger partial charge in [-0.05, 0) is 42.8 Å². The van der Waals surface area contributed by atoms with Crippen LogP contribution in [0.15, 0.2) is 42.5 Å². The molecule has 0 spiro atoms. The van der Waals surface area contributed by atoms with Crippen molar-refractivity contribution in [2.24, 2.45) is 0 Å². The molecule has 0 aromatic heterocycles. The second kappa shape index (κ2) is 6.96. The molecule has 1 N–H and O–H groups in total. The van der Waals surface area contributed by atoms with Crippen molar-refractivity contribution in [3.63, 3.8) is 0 Å². The summed E-state index contributed by atoms with van der Waals surface area (Å²) in [5.41, 5.74) is 1.52. The van der Waals surface area contributed by atoms with E-state index in [1.54, 1.807) is 30.3 Å². The molecule has 0 saturated heterocycles. The van der Waals surface area contributed by atoms with Crippen LogP contribution in [0.4, 0.5) is 14.5 Å². The third-order valence-electron chi connectivity index (χ3n) is 2.89. The lowest BCUT2D eigenvalue weighted by atomic mass is 10.1. The number of ether oxygens (including phenoxy) is 1. The second-order valence-corrected chi connectivity index (χ2v) is 5.28. The highest BCUT2D eigenvalue weighted by molar-refractivity contribution is 6.36. The van der Waals surface area contributed by atoms with Crippen molar-refractivity contribution in [3.05, 3.63) is 58.1 Å². The molecule has 112 valence electrons. The zero-order valence-corrected chi connectivity index (χ0v) is 12.6. The molecule has 1 unspecified atom stereocenters. The van der Waals surface area contributed by atoms with Gasteiger partial charge in [0.2, 0.25) is 0 Å². The van der Waals surface area contributed by atoms with Crippen LogP contribution in [0, 0.1) is 0 Å². The number of hydrogen-bond donors (Lipinski definition) is 1. The quantitative estimate of drug-likeness (QED) is 0.751. The smallest absolute Gasteiger partial charge is 0.387 e. The second-order valence-electron chi connectivity index (χ2n) is 4.44. The van der Waals surface area contributed by atoms with E-state index in [4.69, 9.17) is 23.2 Å². The number of benzene rings is 2. The average Bonchev–Trinajstić information content (AvgIpc) is 2.41. The summed E-state index contributed by atoms with van der Waals surface area (Å²) < 4.78 is 28.8. The molecule has 6 heteroatoms. The lowest BCUT2D eigenvalue weighted by molar-refractivity contribution is -0.0498. The van der Waals surface area contributed by atoms with Crippen LogP contribution < -0.4 is 10.1 Å². The summed E-state index contributed by atoms with van der Waals surface area (Å²) in [5, 5.41) is 4.24. The highest BCUT2D eigenvalue weighted by Gasteiger charge is 2.10. The Bertz CT molecular complexity index is 622. The predicted molar refractivity (Wildman–Crippen MR) is 81.6 cm³/mol. The van der Waals surface area contributed by atoms with Crippen LogP contribution >= 0.6 is 23.2 Å². The first kappa shape index (κ1) is 15.9. The van der Waals surface area contributed by atoms with Crippen LogP contribution in [0.5, 0.6) is 5.75 Å². The number of hydrogen-bond acceptors (Lipinski definition) is 2. The first-order chi connectivity index (χ1) is 9.95. The first-order valence-electron chi connectivity index (χ1n) is 6.22. The fourth-order valence-electron chi connectivity index (χ4n) is 1.88. The molecule has 0 heterocycles. The Morgan fingerprint density at radius 2 is 1.86 bits per heavy atom. The van der Waals surface area contributed by atoms with Gasteiger partial charge in [-0.15, -0.1) is 0 Å². The number of halogens is 4. The molecule has 0 aliphatic carbocycles. The van der Waals surface area contributed by atoms with Crippen LogP contribution in [0.1, 0.15) is 18.5 Å². The van der Waals surface area contributed by atoms with E-state index in [2.05, 4.69) is 10.1 Å². The highest BCUT2D eigenvalue weighted by atomic mass is 35.5. The Balaban J connectivity index is 2.14. The normalized spacial score (nSPS) is 12.3. The van der Waals surface area contributed by atoms with E-state index in [0.29, 0.717) is 15.7 Å². The van der Waals surface area contributed by atoms with Gasteiger partial charge in [0.15, 0.2) is 0 Å². The zero-order valence-electron chi connectivity index (χ0n) is 11.1. The number of alkyl halides is 2. The van der Waals surface area contributed by atoms with Gasteiger partial charge in [-0.2, -0.15) is 8.78 Å². The molecular weight excluding hydrogens is 319 g/mol.